The summed E-state index contributed by atoms with van der Waals surface area (Å²) in [4.78, 5) is 12.9. The standard InChI is InChI=1S/C17H23BrN2O.ClH/c18-15-6-4-5-14(9-15)17(7-2-1-3-8-17)16(21)20-12-13-10-19-11-13;/h4-6,9,13,19H,1-3,7-8,10-12H2,(H,20,21);1H. The quantitative estimate of drug-likeness (QED) is 0.831. The average molecular weight is 388 g/mol. The number of amides is 1. The molecule has 0 atom stereocenters. The first-order valence-electron chi connectivity index (χ1n) is 7.96. The van der Waals surface area contributed by atoms with Crippen molar-refractivity contribution in [2.45, 2.75) is 37.5 Å². The molecule has 0 bridgehead atoms. The van der Waals surface area contributed by atoms with Crippen molar-refractivity contribution >= 4 is 34.2 Å². The Morgan fingerprint density at radius 2 is 2.00 bits per heavy atom. The summed E-state index contributed by atoms with van der Waals surface area (Å²) in [5, 5.41) is 6.47. The van der Waals surface area contributed by atoms with Gasteiger partial charge in [-0.05, 0) is 30.5 Å². The predicted octanol–water partition coefficient (Wildman–Crippen LogP) is 3.41. The monoisotopic (exact) mass is 386 g/mol. The van der Waals surface area contributed by atoms with Crippen LogP contribution in [0.2, 0.25) is 0 Å². The van der Waals surface area contributed by atoms with E-state index in [4.69, 9.17) is 0 Å². The number of carbonyl (C=O) groups is 1. The van der Waals surface area contributed by atoms with E-state index in [1.54, 1.807) is 0 Å². The summed E-state index contributed by atoms with van der Waals surface area (Å²) in [7, 11) is 0. The molecule has 2 fully saturated rings. The first-order valence-corrected chi connectivity index (χ1v) is 8.75. The third-order valence-corrected chi connectivity index (χ3v) is 5.43. The van der Waals surface area contributed by atoms with Crippen molar-refractivity contribution in [2.75, 3.05) is 19.6 Å². The highest BCUT2D eigenvalue weighted by atomic mass is 79.9. The van der Waals surface area contributed by atoms with Crippen LogP contribution >= 0.6 is 28.3 Å². The summed E-state index contributed by atoms with van der Waals surface area (Å²) < 4.78 is 1.06. The number of hydrogen-bond donors (Lipinski definition) is 2. The molecule has 0 aromatic heterocycles. The van der Waals surface area contributed by atoms with E-state index in [2.05, 4.69) is 38.7 Å². The van der Waals surface area contributed by atoms with Crippen LogP contribution in [-0.4, -0.2) is 25.5 Å². The van der Waals surface area contributed by atoms with E-state index in [9.17, 15) is 4.79 Å². The maximum Gasteiger partial charge on any atom is 0.230 e. The van der Waals surface area contributed by atoms with Crippen molar-refractivity contribution in [1.82, 2.24) is 10.6 Å². The van der Waals surface area contributed by atoms with Gasteiger partial charge >= 0.3 is 0 Å². The lowest BCUT2D eigenvalue weighted by molar-refractivity contribution is -0.128. The first-order chi connectivity index (χ1) is 10.2. The molecule has 1 amide bonds. The lowest BCUT2D eigenvalue weighted by Crippen LogP contribution is -2.52. The van der Waals surface area contributed by atoms with Crippen LogP contribution < -0.4 is 10.6 Å². The summed E-state index contributed by atoms with van der Waals surface area (Å²) in [5.74, 6) is 0.837. The van der Waals surface area contributed by atoms with Crippen molar-refractivity contribution in [3.05, 3.63) is 34.3 Å². The van der Waals surface area contributed by atoms with E-state index < -0.39 is 0 Å². The van der Waals surface area contributed by atoms with Gasteiger partial charge in [-0.3, -0.25) is 4.79 Å². The summed E-state index contributed by atoms with van der Waals surface area (Å²) in [5.41, 5.74) is 0.847. The number of nitrogens with one attached hydrogen (secondary N) is 2. The van der Waals surface area contributed by atoms with E-state index >= 15 is 0 Å². The molecule has 2 aliphatic rings. The molecule has 1 aliphatic heterocycles. The van der Waals surface area contributed by atoms with E-state index in [1.165, 1.54) is 12.0 Å². The van der Waals surface area contributed by atoms with Gasteiger partial charge < -0.3 is 10.6 Å². The Kier molecular flexibility index (Phi) is 6.30. The van der Waals surface area contributed by atoms with E-state index in [0.29, 0.717) is 5.92 Å². The minimum absolute atomic E-state index is 0. The Morgan fingerprint density at radius 3 is 2.59 bits per heavy atom. The number of benzene rings is 1. The molecule has 22 heavy (non-hydrogen) atoms. The molecule has 1 aromatic carbocycles. The molecule has 1 aliphatic carbocycles. The molecule has 122 valence electrons. The number of hydrogen-bond acceptors (Lipinski definition) is 2. The smallest absolute Gasteiger partial charge is 0.230 e. The highest BCUT2D eigenvalue weighted by molar-refractivity contribution is 9.10. The third kappa shape index (κ3) is 3.66. The zero-order valence-corrected chi connectivity index (χ0v) is 15.1. The minimum atomic E-state index is -0.320. The molecule has 0 unspecified atom stereocenters. The molecule has 1 heterocycles. The van der Waals surface area contributed by atoms with E-state index in [0.717, 1.165) is 49.8 Å². The lowest BCUT2D eigenvalue weighted by Gasteiger charge is -2.37. The molecule has 1 saturated carbocycles. The Balaban J connectivity index is 0.00000176. The van der Waals surface area contributed by atoms with Crippen LogP contribution in [0.4, 0.5) is 0 Å². The number of carbonyl (C=O) groups excluding carboxylic acids is 1. The van der Waals surface area contributed by atoms with Crippen LogP contribution in [0.25, 0.3) is 0 Å². The Hall–Kier alpha value is -0.580. The maximum atomic E-state index is 12.9. The summed E-state index contributed by atoms with van der Waals surface area (Å²) in [6.07, 6.45) is 5.47. The Labute approximate surface area is 147 Å². The molecule has 3 nitrogen and oxygen atoms in total. The predicted molar refractivity (Wildman–Crippen MR) is 95.5 cm³/mol. The summed E-state index contributed by atoms with van der Waals surface area (Å²) >= 11 is 3.54. The molecule has 1 saturated heterocycles. The van der Waals surface area contributed by atoms with Gasteiger partial charge in [-0.25, -0.2) is 0 Å². The highest BCUT2D eigenvalue weighted by Crippen LogP contribution is 2.40. The molecule has 3 rings (SSSR count). The zero-order chi connectivity index (χ0) is 14.7. The van der Waals surface area contributed by atoms with Crippen molar-refractivity contribution in [3.8, 4) is 0 Å². The molecule has 0 spiro atoms. The fourth-order valence-corrected chi connectivity index (χ4v) is 3.89. The molecule has 2 N–H and O–H groups in total. The molecule has 5 heteroatoms. The van der Waals surface area contributed by atoms with E-state index in [-0.39, 0.29) is 23.7 Å². The van der Waals surface area contributed by atoms with Gasteiger partial charge in [-0.1, -0.05) is 47.3 Å². The second-order valence-electron chi connectivity index (χ2n) is 6.39. The molecule has 1 aromatic rings. The second kappa shape index (κ2) is 7.80. The van der Waals surface area contributed by atoms with Gasteiger partial charge in [0, 0.05) is 30.0 Å². The fraction of sp³-hybridized carbons (Fsp3) is 0.588. The van der Waals surface area contributed by atoms with Crippen LogP contribution in [0.5, 0.6) is 0 Å². The maximum absolute atomic E-state index is 12.9. The second-order valence-corrected chi connectivity index (χ2v) is 7.30. The van der Waals surface area contributed by atoms with E-state index in [1.807, 2.05) is 12.1 Å². The number of rotatable bonds is 4. The van der Waals surface area contributed by atoms with Gasteiger partial charge in [0.15, 0.2) is 0 Å². The average Bonchev–Trinajstić information content (AvgIpc) is 2.46. The van der Waals surface area contributed by atoms with Crippen molar-refractivity contribution in [2.24, 2.45) is 5.92 Å². The van der Waals surface area contributed by atoms with Gasteiger partial charge in [-0.15, -0.1) is 12.4 Å². The third-order valence-electron chi connectivity index (χ3n) is 4.94. The minimum Gasteiger partial charge on any atom is -0.355 e. The Morgan fingerprint density at radius 1 is 1.27 bits per heavy atom. The van der Waals surface area contributed by atoms with Crippen LogP contribution in [-0.2, 0) is 10.2 Å². The largest absolute Gasteiger partial charge is 0.355 e. The van der Waals surface area contributed by atoms with Crippen molar-refractivity contribution in [1.29, 1.82) is 0 Å². The van der Waals surface area contributed by atoms with Crippen molar-refractivity contribution < 1.29 is 4.79 Å². The summed E-state index contributed by atoms with van der Waals surface area (Å²) in [6.45, 7) is 2.87. The fourth-order valence-electron chi connectivity index (χ4n) is 3.49. The van der Waals surface area contributed by atoms with Gasteiger partial charge in [0.1, 0.15) is 0 Å². The highest BCUT2D eigenvalue weighted by Gasteiger charge is 2.41. The molecular weight excluding hydrogens is 364 g/mol. The lowest BCUT2D eigenvalue weighted by atomic mass is 9.68. The van der Waals surface area contributed by atoms with Crippen LogP contribution in [0, 0.1) is 5.92 Å². The number of halogens is 2. The van der Waals surface area contributed by atoms with Gasteiger partial charge in [0.25, 0.3) is 0 Å². The first kappa shape index (κ1) is 17.8. The van der Waals surface area contributed by atoms with Gasteiger partial charge in [0.2, 0.25) is 5.91 Å². The van der Waals surface area contributed by atoms with Crippen LogP contribution in [0.3, 0.4) is 0 Å². The van der Waals surface area contributed by atoms with Gasteiger partial charge in [-0.2, -0.15) is 0 Å². The molecule has 0 radical (unpaired) electrons. The van der Waals surface area contributed by atoms with Gasteiger partial charge in [0.05, 0.1) is 5.41 Å². The normalized spacial score (nSPS) is 20.6. The topological polar surface area (TPSA) is 41.1 Å². The van der Waals surface area contributed by atoms with Crippen LogP contribution in [0.1, 0.15) is 37.7 Å². The zero-order valence-electron chi connectivity index (χ0n) is 12.7. The van der Waals surface area contributed by atoms with Crippen LogP contribution in [0.15, 0.2) is 28.7 Å². The molecular formula is C17H24BrClN2O. The summed E-state index contributed by atoms with van der Waals surface area (Å²) in [6, 6.07) is 8.30. The Bertz CT molecular complexity index is 513. The van der Waals surface area contributed by atoms with Crippen molar-refractivity contribution in [3.63, 3.8) is 0 Å². The SMILES string of the molecule is Cl.O=C(NCC1CNC1)C1(c2cccc(Br)c2)CCCCC1.